The molecule has 0 aromatic rings. The predicted octanol–water partition coefficient (Wildman–Crippen LogP) is 0.533. The second-order valence-electron chi connectivity index (χ2n) is 4.31. The molecule has 0 aliphatic carbocycles. The molecule has 3 nitrogen and oxygen atoms in total. The highest BCUT2D eigenvalue weighted by Gasteiger charge is 2.07. The van der Waals surface area contributed by atoms with Gasteiger partial charge >= 0.3 is 0 Å². The molecule has 0 aromatic heterocycles. The van der Waals surface area contributed by atoms with Crippen LogP contribution < -0.4 is 0 Å². The van der Waals surface area contributed by atoms with Crippen molar-refractivity contribution in [2.45, 2.75) is 12.8 Å². The molecule has 0 saturated carbocycles. The minimum absolute atomic E-state index is 1.11. The number of nitrogens with zero attached hydrogens (tertiary/aromatic N) is 3. The normalized spacial score (nSPS) is 26.1. The average molecular weight is 185 g/mol. The third-order valence-corrected chi connectivity index (χ3v) is 2.64. The quantitative estimate of drug-likeness (QED) is 0.545. The fourth-order valence-corrected chi connectivity index (χ4v) is 1.89. The first-order valence-corrected chi connectivity index (χ1v) is 5.24. The van der Waals surface area contributed by atoms with Crippen molar-refractivity contribution in [3.63, 3.8) is 0 Å². The van der Waals surface area contributed by atoms with Crippen LogP contribution in [0.5, 0.6) is 0 Å². The standard InChI is InChI=1S/C10H23N3/c1-11-6-4-8-12(2)10-13(3)9-5-7-11/h4-10H2,1-3H3. The van der Waals surface area contributed by atoms with E-state index in [2.05, 4.69) is 35.8 Å². The molecule has 1 saturated heterocycles. The van der Waals surface area contributed by atoms with E-state index in [1.807, 2.05) is 0 Å². The number of rotatable bonds is 0. The summed E-state index contributed by atoms with van der Waals surface area (Å²) in [7, 11) is 6.64. The maximum absolute atomic E-state index is 2.44. The second-order valence-corrected chi connectivity index (χ2v) is 4.31. The van der Waals surface area contributed by atoms with Gasteiger partial charge in [-0.25, -0.2) is 0 Å². The molecule has 0 bridgehead atoms. The molecule has 1 rings (SSSR count). The minimum Gasteiger partial charge on any atom is -0.306 e. The molecule has 78 valence electrons. The van der Waals surface area contributed by atoms with Gasteiger partial charge in [-0.15, -0.1) is 0 Å². The highest BCUT2D eigenvalue weighted by molar-refractivity contribution is 4.61. The number of hydrogen-bond acceptors (Lipinski definition) is 3. The van der Waals surface area contributed by atoms with E-state index in [-0.39, 0.29) is 0 Å². The molecule has 0 unspecified atom stereocenters. The first-order valence-electron chi connectivity index (χ1n) is 5.24. The molecule has 13 heavy (non-hydrogen) atoms. The Balaban J connectivity index is 2.32. The van der Waals surface area contributed by atoms with Gasteiger partial charge in [0.1, 0.15) is 0 Å². The van der Waals surface area contributed by atoms with Gasteiger partial charge in [0, 0.05) is 13.1 Å². The van der Waals surface area contributed by atoms with Crippen LogP contribution in [-0.4, -0.2) is 68.7 Å². The molecule has 1 heterocycles. The Morgan fingerprint density at radius 3 is 1.46 bits per heavy atom. The van der Waals surface area contributed by atoms with E-state index in [1.165, 1.54) is 39.0 Å². The van der Waals surface area contributed by atoms with Gasteiger partial charge < -0.3 is 4.90 Å². The Bertz CT molecular complexity index is 124. The molecule has 0 spiro atoms. The Kier molecular flexibility index (Phi) is 4.70. The smallest absolute Gasteiger partial charge is 0.0500 e. The summed E-state index contributed by atoms with van der Waals surface area (Å²) < 4.78 is 0. The maximum Gasteiger partial charge on any atom is 0.0500 e. The summed E-state index contributed by atoms with van der Waals surface area (Å²) in [4.78, 5) is 7.24. The van der Waals surface area contributed by atoms with Crippen LogP contribution in [0.3, 0.4) is 0 Å². The van der Waals surface area contributed by atoms with E-state index in [9.17, 15) is 0 Å². The largest absolute Gasteiger partial charge is 0.306 e. The van der Waals surface area contributed by atoms with E-state index in [4.69, 9.17) is 0 Å². The van der Waals surface area contributed by atoms with Crippen LogP contribution in [0, 0.1) is 0 Å². The Morgan fingerprint density at radius 2 is 1.00 bits per heavy atom. The van der Waals surface area contributed by atoms with Crippen LogP contribution in [0.2, 0.25) is 0 Å². The fraction of sp³-hybridized carbons (Fsp3) is 1.00. The fourth-order valence-electron chi connectivity index (χ4n) is 1.89. The van der Waals surface area contributed by atoms with Crippen molar-refractivity contribution >= 4 is 0 Å². The highest BCUT2D eigenvalue weighted by Crippen LogP contribution is 1.99. The van der Waals surface area contributed by atoms with Gasteiger partial charge in [0.05, 0.1) is 6.67 Å². The molecule has 1 fully saturated rings. The van der Waals surface area contributed by atoms with Crippen LogP contribution in [0.15, 0.2) is 0 Å². The lowest BCUT2D eigenvalue weighted by atomic mass is 10.3. The average Bonchev–Trinajstić information content (AvgIpc) is 2.03. The van der Waals surface area contributed by atoms with E-state index in [0.29, 0.717) is 0 Å². The minimum atomic E-state index is 1.11. The van der Waals surface area contributed by atoms with E-state index < -0.39 is 0 Å². The van der Waals surface area contributed by atoms with Crippen LogP contribution in [0.4, 0.5) is 0 Å². The molecule has 1 aliphatic rings. The van der Waals surface area contributed by atoms with Gasteiger partial charge in [0.25, 0.3) is 0 Å². The molecule has 0 radical (unpaired) electrons. The van der Waals surface area contributed by atoms with Crippen molar-refractivity contribution in [2.75, 3.05) is 54.0 Å². The molecule has 3 heteroatoms. The number of hydrogen-bond donors (Lipinski definition) is 0. The van der Waals surface area contributed by atoms with Crippen LogP contribution >= 0.6 is 0 Å². The molecule has 0 N–H and O–H groups in total. The summed E-state index contributed by atoms with van der Waals surface area (Å²) in [6.45, 7) is 6.04. The Labute approximate surface area is 82.3 Å². The Morgan fingerprint density at radius 1 is 0.615 bits per heavy atom. The topological polar surface area (TPSA) is 9.72 Å². The van der Waals surface area contributed by atoms with Crippen LogP contribution in [0.25, 0.3) is 0 Å². The van der Waals surface area contributed by atoms with Crippen molar-refractivity contribution in [2.24, 2.45) is 0 Å². The van der Waals surface area contributed by atoms with Gasteiger partial charge in [-0.3, -0.25) is 9.80 Å². The van der Waals surface area contributed by atoms with E-state index >= 15 is 0 Å². The van der Waals surface area contributed by atoms with Crippen molar-refractivity contribution in [1.29, 1.82) is 0 Å². The summed E-state index contributed by atoms with van der Waals surface area (Å²) in [5, 5.41) is 0. The van der Waals surface area contributed by atoms with Gasteiger partial charge in [-0.1, -0.05) is 0 Å². The first-order chi connectivity index (χ1) is 6.18. The van der Waals surface area contributed by atoms with Crippen molar-refractivity contribution in [3.8, 4) is 0 Å². The van der Waals surface area contributed by atoms with E-state index in [0.717, 1.165) is 6.67 Å². The molecule has 0 amide bonds. The SMILES string of the molecule is CN1CCCN(C)CN(C)CCC1. The summed E-state index contributed by atoms with van der Waals surface area (Å²) in [5.74, 6) is 0. The molecule has 0 atom stereocenters. The lowest BCUT2D eigenvalue weighted by molar-refractivity contribution is 0.156. The second kappa shape index (κ2) is 5.58. The van der Waals surface area contributed by atoms with Crippen LogP contribution in [-0.2, 0) is 0 Å². The summed E-state index contributed by atoms with van der Waals surface area (Å²) in [5.41, 5.74) is 0. The Hall–Kier alpha value is -0.120. The van der Waals surface area contributed by atoms with Crippen molar-refractivity contribution in [1.82, 2.24) is 14.7 Å². The molecular weight excluding hydrogens is 162 g/mol. The van der Waals surface area contributed by atoms with Crippen LogP contribution in [0.1, 0.15) is 12.8 Å². The zero-order chi connectivity index (χ0) is 9.68. The predicted molar refractivity (Wildman–Crippen MR) is 56.9 cm³/mol. The third kappa shape index (κ3) is 4.60. The zero-order valence-corrected chi connectivity index (χ0v) is 9.29. The van der Waals surface area contributed by atoms with Gasteiger partial charge in [-0.05, 0) is 47.1 Å². The summed E-state index contributed by atoms with van der Waals surface area (Å²) in [6, 6.07) is 0. The van der Waals surface area contributed by atoms with Crippen molar-refractivity contribution < 1.29 is 0 Å². The van der Waals surface area contributed by atoms with Crippen molar-refractivity contribution in [3.05, 3.63) is 0 Å². The van der Waals surface area contributed by atoms with E-state index in [1.54, 1.807) is 0 Å². The third-order valence-electron chi connectivity index (χ3n) is 2.64. The molecule has 1 aliphatic heterocycles. The van der Waals surface area contributed by atoms with Gasteiger partial charge in [0.2, 0.25) is 0 Å². The van der Waals surface area contributed by atoms with Gasteiger partial charge in [-0.2, -0.15) is 0 Å². The maximum atomic E-state index is 2.44. The monoisotopic (exact) mass is 185 g/mol. The zero-order valence-electron chi connectivity index (χ0n) is 9.29. The lowest BCUT2D eigenvalue weighted by Crippen LogP contribution is -2.38. The summed E-state index contributed by atoms with van der Waals surface area (Å²) in [6.07, 6.45) is 2.58. The highest BCUT2D eigenvalue weighted by atomic mass is 15.3. The molecule has 0 aromatic carbocycles. The molecular formula is C10H23N3. The summed E-state index contributed by atoms with van der Waals surface area (Å²) >= 11 is 0. The first kappa shape index (κ1) is 11.0. The lowest BCUT2D eigenvalue weighted by Gasteiger charge is -2.28. The van der Waals surface area contributed by atoms with Gasteiger partial charge in [0.15, 0.2) is 0 Å².